The highest BCUT2D eigenvalue weighted by atomic mass is 32.1. The third-order valence-corrected chi connectivity index (χ3v) is 4.29. The highest BCUT2D eigenvalue weighted by Gasteiger charge is 2.08. The second-order valence-corrected chi connectivity index (χ2v) is 6.28. The Morgan fingerprint density at radius 2 is 1.92 bits per heavy atom. The number of H-pyrrole nitrogens is 2. The van der Waals surface area contributed by atoms with Crippen molar-refractivity contribution in [2.45, 2.75) is 12.8 Å². The number of methoxy groups -OCH3 is 1. The monoisotopic (exact) mass is 369 g/mol. The second kappa shape index (κ2) is 7.97. The van der Waals surface area contributed by atoms with Crippen LogP contribution in [0.1, 0.15) is 22.3 Å². The van der Waals surface area contributed by atoms with Crippen molar-refractivity contribution in [3.05, 3.63) is 68.7 Å². The van der Waals surface area contributed by atoms with Crippen LogP contribution in [-0.2, 0) is 6.42 Å². The van der Waals surface area contributed by atoms with E-state index in [0.29, 0.717) is 23.0 Å². The van der Waals surface area contributed by atoms with Gasteiger partial charge in [0.25, 0.3) is 11.5 Å². The van der Waals surface area contributed by atoms with Crippen molar-refractivity contribution < 1.29 is 9.53 Å². The van der Waals surface area contributed by atoms with Gasteiger partial charge in [0.05, 0.1) is 18.0 Å². The molecule has 2 aromatic carbocycles. The van der Waals surface area contributed by atoms with Crippen molar-refractivity contribution in [2.75, 3.05) is 13.7 Å². The van der Waals surface area contributed by atoms with Crippen LogP contribution in [0.5, 0.6) is 5.75 Å². The average molecular weight is 369 g/mol. The van der Waals surface area contributed by atoms with E-state index in [0.717, 1.165) is 18.6 Å². The predicted octanol–water partition coefficient (Wildman–Crippen LogP) is 2.96. The number of ether oxygens (including phenoxy) is 1. The average Bonchev–Trinajstić information content (AvgIpc) is 2.65. The van der Waals surface area contributed by atoms with E-state index in [-0.39, 0.29) is 16.2 Å². The molecule has 6 nitrogen and oxygen atoms in total. The molecule has 0 radical (unpaired) electrons. The molecule has 3 aromatic rings. The Morgan fingerprint density at radius 3 is 2.65 bits per heavy atom. The largest absolute Gasteiger partial charge is 0.497 e. The second-order valence-electron chi connectivity index (χ2n) is 5.88. The molecule has 0 saturated heterocycles. The van der Waals surface area contributed by atoms with Gasteiger partial charge >= 0.3 is 0 Å². The maximum atomic E-state index is 12.3. The number of rotatable bonds is 6. The lowest BCUT2D eigenvalue weighted by Gasteiger charge is -2.07. The molecule has 0 aliphatic heterocycles. The summed E-state index contributed by atoms with van der Waals surface area (Å²) in [4.78, 5) is 29.5. The van der Waals surface area contributed by atoms with Gasteiger partial charge < -0.3 is 15.0 Å². The Morgan fingerprint density at radius 1 is 1.15 bits per heavy atom. The van der Waals surface area contributed by atoms with E-state index < -0.39 is 0 Å². The van der Waals surface area contributed by atoms with Crippen LogP contribution in [0.25, 0.3) is 10.9 Å². The van der Waals surface area contributed by atoms with E-state index in [4.69, 9.17) is 17.0 Å². The number of aryl methyl sites for hydroxylation is 1. The van der Waals surface area contributed by atoms with Gasteiger partial charge in [0.15, 0.2) is 4.77 Å². The third kappa shape index (κ3) is 4.18. The van der Waals surface area contributed by atoms with Crippen LogP contribution in [0.2, 0.25) is 0 Å². The quantitative estimate of drug-likeness (QED) is 0.460. The van der Waals surface area contributed by atoms with E-state index >= 15 is 0 Å². The van der Waals surface area contributed by atoms with E-state index in [2.05, 4.69) is 15.3 Å². The molecule has 3 N–H and O–H groups in total. The topological polar surface area (TPSA) is 87.0 Å². The number of amides is 1. The first-order valence-corrected chi connectivity index (χ1v) is 8.65. The number of aromatic nitrogens is 2. The molecule has 0 aliphatic rings. The van der Waals surface area contributed by atoms with Crippen molar-refractivity contribution in [3.63, 3.8) is 0 Å². The van der Waals surface area contributed by atoms with Gasteiger partial charge in [-0.15, -0.1) is 0 Å². The van der Waals surface area contributed by atoms with Crippen LogP contribution in [0.4, 0.5) is 0 Å². The molecule has 0 spiro atoms. The Balaban J connectivity index is 1.58. The van der Waals surface area contributed by atoms with Gasteiger partial charge in [-0.3, -0.25) is 14.6 Å². The Hall–Kier alpha value is -2.93. The number of aromatic amines is 2. The van der Waals surface area contributed by atoms with Crippen LogP contribution < -0.4 is 15.6 Å². The van der Waals surface area contributed by atoms with Gasteiger partial charge in [0, 0.05) is 12.1 Å². The third-order valence-electron chi connectivity index (χ3n) is 4.09. The summed E-state index contributed by atoms with van der Waals surface area (Å²) in [5, 5.41) is 3.36. The summed E-state index contributed by atoms with van der Waals surface area (Å²) in [6.45, 7) is 0.564. The van der Waals surface area contributed by atoms with Gasteiger partial charge in [-0.1, -0.05) is 12.1 Å². The van der Waals surface area contributed by atoms with Crippen molar-refractivity contribution in [3.8, 4) is 5.75 Å². The summed E-state index contributed by atoms with van der Waals surface area (Å²) in [6.07, 6.45) is 1.69. The number of benzene rings is 2. The molecule has 26 heavy (non-hydrogen) atoms. The number of carbonyl (C=O) groups is 1. The number of hydrogen-bond donors (Lipinski definition) is 3. The summed E-state index contributed by atoms with van der Waals surface area (Å²) >= 11 is 4.96. The fourth-order valence-electron chi connectivity index (χ4n) is 2.70. The van der Waals surface area contributed by atoms with Crippen LogP contribution >= 0.6 is 12.2 Å². The molecular formula is C19H19N3O3S. The van der Waals surface area contributed by atoms with E-state index in [1.54, 1.807) is 25.3 Å². The van der Waals surface area contributed by atoms with E-state index in [9.17, 15) is 9.59 Å². The number of hydrogen-bond acceptors (Lipinski definition) is 4. The molecule has 0 bridgehead atoms. The molecule has 1 amide bonds. The summed E-state index contributed by atoms with van der Waals surface area (Å²) in [6, 6.07) is 12.8. The van der Waals surface area contributed by atoms with Gasteiger partial charge in [-0.2, -0.15) is 0 Å². The zero-order valence-corrected chi connectivity index (χ0v) is 15.1. The molecule has 3 rings (SSSR count). The Bertz CT molecular complexity index is 1040. The van der Waals surface area contributed by atoms with Crippen molar-refractivity contribution >= 4 is 29.0 Å². The molecular weight excluding hydrogens is 350 g/mol. The van der Waals surface area contributed by atoms with Gasteiger partial charge in [0.1, 0.15) is 5.75 Å². The zero-order chi connectivity index (χ0) is 18.5. The van der Waals surface area contributed by atoms with Crippen molar-refractivity contribution in [1.29, 1.82) is 0 Å². The fourth-order valence-corrected chi connectivity index (χ4v) is 2.90. The standard InChI is InChI=1S/C19H19N3O3S/c1-25-14-7-4-12(5-8-14)3-2-10-20-17(23)13-6-9-15-16(11-13)21-19(26)22-18(15)24/h4-9,11H,2-3,10H2,1H3,(H,20,23)(H2,21,22,24,26). The van der Waals surface area contributed by atoms with Crippen LogP contribution in [-0.4, -0.2) is 29.5 Å². The molecule has 0 aliphatic carbocycles. The summed E-state index contributed by atoms with van der Waals surface area (Å²) in [5.41, 5.74) is 1.95. The summed E-state index contributed by atoms with van der Waals surface area (Å²) < 4.78 is 5.37. The number of fused-ring (bicyclic) bond motifs is 1. The molecule has 1 heterocycles. The molecule has 0 fully saturated rings. The normalized spacial score (nSPS) is 10.7. The Kier molecular flexibility index (Phi) is 5.48. The molecule has 1 aromatic heterocycles. The first-order valence-electron chi connectivity index (χ1n) is 8.24. The van der Waals surface area contributed by atoms with Crippen LogP contribution in [0.15, 0.2) is 47.3 Å². The minimum atomic E-state index is -0.268. The maximum Gasteiger partial charge on any atom is 0.259 e. The summed E-state index contributed by atoms with van der Waals surface area (Å²) in [7, 11) is 1.64. The van der Waals surface area contributed by atoms with Gasteiger partial charge in [-0.25, -0.2) is 0 Å². The Labute approximate surface area is 155 Å². The van der Waals surface area contributed by atoms with Gasteiger partial charge in [0.2, 0.25) is 0 Å². The highest BCUT2D eigenvalue weighted by molar-refractivity contribution is 7.71. The number of nitrogens with one attached hydrogen (secondary N) is 3. The SMILES string of the molecule is COc1ccc(CCCNC(=O)c2ccc3c(=O)[nH]c(=S)[nH]c3c2)cc1. The zero-order valence-electron chi connectivity index (χ0n) is 14.3. The molecule has 7 heteroatoms. The maximum absolute atomic E-state index is 12.3. The van der Waals surface area contributed by atoms with E-state index in [1.807, 2.05) is 24.3 Å². The van der Waals surface area contributed by atoms with E-state index in [1.165, 1.54) is 5.56 Å². The molecule has 0 unspecified atom stereocenters. The van der Waals surface area contributed by atoms with Crippen LogP contribution in [0, 0.1) is 4.77 Å². The first-order chi connectivity index (χ1) is 12.6. The minimum Gasteiger partial charge on any atom is -0.497 e. The fraction of sp³-hybridized carbons (Fsp3) is 0.211. The minimum absolute atomic E-state index is 0.179. The highest BCUT2D eigenvalue weighted by Crippen LogP contribution is 2.13. The van der Waals surface area contributed by atoms with Gasteiger partial charge in [-0.05, 0) is 61.0 Å². The first kappa shape index (κ1) is 17.9. The smallest absolute Gasteiger partial charge is 0.259 e. The molecule has 0 saturated carbocycles. The summed E-state index contributed by atoms with van der Waals surface area (Å²) in [5.74, 6) is 0.650. The predicted molar refractivity (Wildman–Crippen MR) is 103 cm³/mol. The molecule has 0 atom stereocenters. The lowest BCUT2D eigenvalue weighted by Crippen LogP contribution is -2.25. The number of carbonyl (C=O) groups excluding carboxylic acids is 1. The van der Waals surface area contributed by atoms with Crippen molar-refractivity contribution in [2.24, 2.45) is 0 Å². The molecule has 134 valence electrons. The van der Waals surface area contributed by atoms with Crippen molar-refractivity contribution in [1.82, 2.24) is 15.3 Å². The lowest BCUT2D eigenvalue weighted by molar-refractivity contribution is 0.0953. The van der Waals surface area contributed by atoms with Crippen LogP contribution in [0.3, 0.4) is 0 Å². The lowest BCUT2D eigenvalue weighted by atomic mass is 10.1.